The predicted octanol–water partition coefficient (Wildman–Crippen LogP) is 5.82. The number of phenols is 1. The van der Waals surface area contributed by atoms with Crippen LogP contribution in [0.2, 0.25) is 5.02 Å². The van der Waals surface area contributed by atoms with Gasteiger partial charge >= 0.3 is 5.69 Å². The minimum Gasteiger partial charge on any atom is -0.502 e. The number of nitrogens with zero attached hydrogens (tertiary/aromatic N) is 3. The number of aliphatic imine (C=N–C) groups is 1. The maximum Gasteiger partial charge on any atom is 0.312 e. The molecule has 0 atom stereocenters. The van der Waals surface area contributed by atoms with E-state index >= 15 is 0 Å². The highest BCUT2D eigenvalue weighted by atomic mass is 35.5. The lowest BCUT2D eigenvalue weighted by Gasteiger charge is -2.02. The second kappa shape index (κ2) is 7.37. The zero-order valence-electron chi connectivity index (χ0n) is 15.2. The van der Waals surface area contributed by atoms with Crippen LogP contribution in [0.25, 0.3) is 22.6 Å². The van der Waals surface area contributed by atoms with Gasteiger partial charge in [0, 0.05) is 28.4 Å². The maximum absolute atomic E-state index is 11.0. The van der Waals surface area contributed by atoms with Gasteiger partial charge in [0.25, 0.3) is 0 Å². The van der Waals surface area contributed by atoms with Crippen LogP contribution in [0.1, 0.15) is 11.1 Å². The van der Waals surface area contributed by atoms with Crippen molar-refractivity contribution in [2.24, 2.45) is 4.99 Å². The highest BCUT2D eigenvalue weighted by molar-refractivity contribution is 6.31. The minimum absolute atomic E-state index is 0.131. The van der Waals surface area contributed by atoms with Gasteiger partial charge in [-0.25, -0.2) is 4.98 Å². The van der Waals surface area contributed by atoms with E-state index in [1.807, 2.05) is 31.2 Å². The van der Waals surface area contributed by atoms with Gasteiger partial charge in [-0.05, 0) is 42.8 Å². The van der Waals surface area contributed by atoms with Gasteiger partial charge in [-0.3, -0.25) is 15.1 Å². The first-order valence-corrected chi connectivity index (χ1v) is 8.98. The van der Waals surface area contributed by atoms with Crippen molar-refractivity contribution in [1.82, 2.24) is 4.98 Å². The summed E-state index contributed by atoms with van der Waals surface area (Å²) in [5, 5.41) is 21.2. The highest BCUT2D eigenvalue weighted by Gasteiger charge is 2.17. The Balaban J connectivity index is 1.69. The molecule has 0 saturated carbocycles. The molecule has 1 aromatic heterocycles. The first kappa shape index (κ1) is 18.6. The third-order valence-electron chi connectivity index (χ3n) is 4.35. The van der Waals surface area contributed by atoms with Gasteiger partial charge in [-0.15, -0.1) is 0 Å². The lowest BCUT2D eigenvalue weighted by molar-refractivity contribution is -0.385. The molecule has 0 aliphatic rings. The fraction of sp³-hybridized carbons (Fsp3) is 0.0476. The van der Waals surface area contributed by atoms with Crippen LogP contribution in [0.15, 0.2) is 64.0 Å². The molecule has 1 N–H and O–H groups in total. The topological polar surface area (TPSA) is 102 Å². The van der Waals surface area contributed by atoms with Crippen LogP contribution in [0, 0.1) is 17.0 Å². The average molecular weight is 408 g/mol. The third kappa shape index (κ3) is 3.68. The molecular weight excluding hydrogens is 394 g/mol. The first-order valence-electron chi connectivity index (χ1n) is 8.60. The van der Waals surface area contributed by atoms with Gasteiger partial charge in [0.05, 0.1) is 10.6 Å². The molecule has 4 rings (SSSR count). The molecule has 0 radical (unpaired) electrons. The van der Waals surface area contributed by atoms with Crippen LogP contribution < -0.4 is 0 Å². The Hall–Kier alpha value is -3.71. The molecule has 29 heavy (non-hydrogen) atoms. The Morgan fingerprint density at radius 1 is 1.21 bits per heavy atom. The average Bonchev–Trinajstić information content (AvgIpc) is 3.14. The first-order chi connectivity index (χ1) is 13.9. The Labute approximate surface area is 170 Å². The molecule has 0 bridgehead atoms. The SMILES string of the molecule is Cc1cccc2oc(-c3cccc(N=Cc4cc(Cl)cc([N+](=O)[O-])c4O)c3)nc12. The Morgan fingerprint density at radius 2 is 2.00 bits per heavy atom. The van der Waals surface area contributed by atoms with Gasteiger partial charge in [0.2, 0.25) is 11.6 Å². The molecule has 8 heteroatoms. The molecule has 4 aromatic rings. The lowest BCUT2D eigenvalue weighted by Crippen LogP contribution is -1.92. The molecule has 0 spiro atoms. The number of fused-ring (bicyclic) bond motifs is 1. The summed E-state index contributed by atoms with van der Waals surface area (Å²) in [5.74, 6) is -0.0266. The summed E-state index contributed by atoms with van der Waals surface area (Å²) in [6.45, 7) is 1.96. The summed E-state index contributed by atoms with van der Waals surface area (Å²) in [4.78, 5) is 19.2. The predicted molar refractivity (Wildman–Crippen MR) is 111 cm³/mol. The van der Waals surface area contributed by atoms with Crippen molar-refractivity contribution in [2.75, 3.05) is 0 Å². The molecule has 7 nitrogen and oxygen atoms in total. The Kier molecular flexibility index (Phi) is 4.74. The van der Waals surface area contributed by atoms with Gasteiger partial charge < -0.3 is 9.52 Å². The number of aryl methyl sites for hydroxylation is 1. The molecule has 0 fully saturated rings. The van der Waals surface area contributed by atoms with Gasteiger partial charge in [-0.2, -0.15) is 0 Å². The maximum atomic E-state index is 11.0. The number of halogens is 1. The number of para-hydroxylation sites is 1. The highest BCUT2D eigenvalue weighted by Crippen LogP contribution is 2.33. The number of benzene rings is 3. The standard InChI is InChI=1S/C21H14ClN3O4/c1-12-4-2-7-18-19(12)24-21(29-18)13-5-3-6-16(9-13)23-11-14-8-15(22)10-17(20(14)26)25(27)28/h2-11,26H,1H3. The quantitative estimate of drug-likeness (QED) is 0.261. The summed E-state index contributed by atoms with van der Waals surface area (Å²) >= 11 is 5.91. The molecule has 0 aliphatic carbocycles. The number of phenolic OH excluding ortho intramolecular Hbond substituents is 1. The zero-order chi connectivity index (χ0) is 20.5. The van der Waals surface area contributed by atoms with E-state index in [-0.39, 0.29) is 10.6 Å². The lowest BCUT2D eigenvalue weighted by atomic mass is 10.1. The fourth-order valence-corrected chi connectivity index (χ4v) is 3.14. The number of aromatic hydroxyl groups is 1. The van der Waals surface area contributed by atoms with Crippen LogP contribution >= 0.6 is 11.6 Å². The number of rotatable bonds is 4. The summed E-state index contributed by atoms with van der Waals surface area (Å²) in [6, 6.07) is 15.4. The van der Waals surface area contributed by atoms with Crippen LogP contribution in [0.3, 0.4) is 0 Å². The number of nitro groups is 1. The van der Waals surface area contributed by atoms with Crippen molar-refractivity contribution in [3.63, 3.8) is 0 Å². The monoisotopic (exact) mass is 407 g/mol. The van der Waals surface area contributed by atoms with Crippen molar-refractivity contribution in [3.05, 3.63) is 80.9 Å². The van der Waals surface area contributed by atoms with E-state index in [1.54, 1.807) is 18.2 Å². The van der Waals surface area contributed by atoms with E-state index in [0.717, 1.165) is 22.7 Å². The smallest absolute Gasteiger partial charge is 0.312 e. The zero-order valence-corrected chi connectivity index (χ0v) is 15.9. The largest absolute Gasteiger partial charge is 0.502 e. The fourth-order valence-electron chi connectivity index (χ4n) is 2.92. The van der Waals surface area contributed by atoms with E-state index in [4.69, 9.17) is 16.0 Å². The molecule has 144 valence electrons. The van der Waals surface area contributed by atoms with Crippen molar-refractivity contribution in [1.29, 1.82) is 0 Å². The van der Waals surface area contributed by atoms with Crippen LogP contribution in [-0.4, -0.2) is 21.2 Å². The Morgan fingerprint density at radius 3 is 2.76 bits per heavy atom. The molecule has 0 amide bonds. The van der Waals surface area contributed by atoms with E-state index in [1.165, 1.54) is 12.3 Å². The Bertz CT molecular complexity index is 1280. The van der Waals surface area contributed by atoms with Crippen molar-refractivity contribution >= 4 is 40.3 Å². The number of oxazole rings is 1. The van der Waals surface area contributed by atoms with E-state index in [0.29, 0.717) is 17.2 Å². The van der Waals surface area contributed by atoms with Crippen LogP contribution in [-0.2, 0) is 0 Å². The molecule has 0 aliphatic heterocycles. The third-order valence-corrected chi connectivity index (χ3v) is 4.57. The van der Waals surface area contributed by atoms with Gasteiger partial charge in [0.1, 0.15) is 5.52 Å². The molecule has 0 saturated heterocycles. The molecular formula is C21H14ClN3O4. The van der Waals surface area contributed by atoms with E-state index in [9.17, 15) is 15.2 Å². The molecule has 0 unspecified atom stereocenters. The van der Waals surface area contributed by atoms with E-state index < -0.39 is 16.4 Å². The molecule has 1 heterocycles. The molecule has 3 aromatic carbocycles. The second-order valence-corrected chi connectivity index (χ2v) is 6.81. The summed E-state index contributed by atoms with van der Waals surface area (Å²) < 4.78 is 5.83. The number of hydrogen-bond acceptors (Lipinski definition) is 6. The number of aromatic nitrogens is 1. The van der Waals surface area contributed by atoms with Crippen molar-refractivity contribution < 1.29 is 14.4 Å². The van der Waals surface area contributed by atoms with Crippen molar-refractivity contribution in [3.8, 4) is 17.2 Å². The summed E-state index contributed by atoms with van der Waals surface area (Å²) in [7, 11) is 0. The van der Waals surface area contributed by atoms with Crippen LogP contribution in [0.4, 0.5) is 11.4 Å². The normalized spacial score (nSPS) is 11.4. The summed E-state index contributed by atoms with van der Waals surface area (Å²) in [5.41, 5.74) is 3.48. The van der Waals surface area contributed by atoms with Gasteiger partial charge in [-0.1, -0.05) is 29.8 Å². The second-order valence-electron chi connectivity index (χ2n) is 6.37. The van der Waals surface area contributed by atoms with Crippen molar-refractivity contribution in [2.45, 2.75) is 6.92 Å². The minimum atomic E-state index is -0.700. The van der Waals surface area contributed by atoms with Crippen LogP contribution in [0.5, 0.6) is 5.75 Å². The van der Waals surface area contributed by atoms with E-state index in [2.05, 4.69) is 9.98 Å². The number of nitro benzene ring substituents is 1. The van der Waals surface area contributed by atoms with Gasteiger partial charge in [0.15, 0.2) is 5.58 Å². The summed E-state index contributed by atoms with van der Waals surface area (Å²) in [6.07, 6.45) is 1.32. The number of hydrogen-bond donors (Lipinski definition) is 1.